The SMILES string of the molecule is C=CCn1c(CNC(=O)c2ccco2)nnc1SCC(=O)Nc1ccc(C)c(Cl)c1. The normalized spacial score (nSPS) is 10.6. The highest BCUT2D eigenvalue weighted by Crippen LogP contribution is 2.21. The minimum atomic E-state index is -0.349. The van der Waals surface area contributed by atoms with Crippen LogP contribution in [-0.4, -0.2) is 32.3 Å². The van der Waals surface area contributed by atoms with Gasteiger partial charge in [0.25, 0.3) is 5.91 Å². The molecule has 30 heavy (non-hydrogen) atoms. The largest absolute Gasteiger partial charge is 0.459 e. The minimum absolute atomic E-state index is 0.138. The summed E-state index contributed by atoms with van der Waals surface area (Å²) < 4.78 is 6.85. The number of hydrogen-bond acceptors (Lipinski definition) is 6. The van der Waals surface area contributed by atoms with E-state index in [1.54, 1.807) is 34.9 Å². The number of anilines is 1. The van der Waals surface area contributed by atoms with E-state index in [9.17, 15) is 9.59 Å². The number of thioether (sulfide) groups is 1. The Morgan fingerprint density at radius 3 is 2.87 bits per heavy atom. The topological polar surface area (TPSA) is 102 Å². The molecule has 156 valence electrons. The van der Waals surface area contributed by atoms with Gasteiger partial charge in [0.2, 0.25) is 5.91 Å². The van der Waals surface area contributed by atoms with Crippen LogP contribution in [0, 0.1) is 6.92 Å². The van der Waals surface area contributed by atoms with Crippen LogP contribution in [0.3, 0.4) is 0 Å². The summed E-state index contributed by atoms with van der Waals surface area (Å²) in [5, 5.41) is 14.9. The summed E-state index contributed by atoms with van der Waals surface area (Å²) in [6.45, 7) is 6.24. The van der Waals surface area contributed by atoms with Gasteiger partial charge in [-0.1, -0.05) is 35.5 Å². The third-order valence-electron chi connectivity index (χ3n) is 4.05. The zero-order valence-corrected chi connectivity index (χ0v) is 17.8. The molecule has 8 nitrogen and oxygen atoms in total. The number of furan rings is 1. The quantitative estimate of drug-likeness (QED) is 0.385. The van der Waals surface area contributed by atoms with E-state index in [1.165, 1.54) is 18.0 Å². The molecule has 0 aliphatic heterocycles. The lowest BCUT2D eigenvalue weighted by atomic mass is 10.2. The summed E-state index contributed by atoms with van der Waals surface area (Å²) in [6.07, 6.45) is 3.12. The van der Waals surface area contributed by atoms with Crippen LogP contribution in [-0.2, 0) is 17.9 Å². The van der Waals surface area contributed by atoms with E-state index in [1.807, 2.05) is 13.0 Å². The van der Waals surface area contributed by atoms with Crippen LogP contribution in [0.4, 0.5) is 5.69 Å². The number of amides is 2. The molecule has 2 aromatic heterocycles. The molecule has 2 amide bonds. The lowest BCUT2D eigenvalue weighted by Crippen LogP contribution is -2.24. The fraction of sp³-hybridized carbons (Fsp3) is 0.200. The highest BCUT2D eigenvalue weighted by molar-refractivity contribution is 7.99. The Morgan fingerprint density at radius 2 is 2.17 bits per heavy atom. The van der Waals surface area contributed by atoms with Gasteiger partial charge in [-0.2, -0.15) is 0 Å². The predicted octanol–water partition coefficient (Wildman–Crippen LogP) is 3.68. The second kappa shape index (κ2) is 10.1. The zero-order valence-electron chi connectivity index (χ0n) is 16.2. The van der Waals surface area contributed by atoms with E-state index in [0.29, 0.717) is 28.2 Å². The van der Waals surface area contributed by atoms with E-state index < -0.39 is 0 Å². The van der Waals surface area contributed by atoms with Gasteiger partial charge in [0.15, 0.2) is 16.7 Å². The van der Waals surface area contributed by atoms with Crippen LogP contribution >= 0.6 is 23.4 Å². The number of aromatic nitrogens is 3. The molecule has 0 aliphatic carbocycles. The van der Waals surface area contributed by atoms with Gasteiger partial charge < -0.3 is 19.6 Å². The summed E-state index contributed by atoms with van der Waals surface area (Å²) in [4.78, 5) is 24.3. The molecule has 10 heteroatoms. The minimum Gasteiger partial charge on any atom is -0.459 e. The van der Waals surface area contributed by atoms with Gasteiger partial charge in [-0.3, -0.25) is 9.59 Å². The van der Waals surface area contributed by atoms with Crippen molar-refractivity contribution in [3.63, 3.8) is 0 Å². The van der Waals surface area contributed by atoms with Crippen LogP contribution in [0.1, 0.15) is 21.9 Å². The average molecular weight is 446 g/mol. The van der Waals surface area contributed by atoms with E-state index in [4.69, 9.17) is 16.0 Å². The first-order valence-electron chi connectivity index (χ1n) is 9.01. The van der Waals surface area contributed by atoms with E-state index in [0.717, 1.165) is 5.56 Å². The van der Waals surface area contributed by atoms with Crippen LogP contribution in [0.2, 0.25) is 5.02 Å². The number of nitrogens with one attached hydrogen (secondary N) is 2. The molecule has 0 saturated heterocycles. The fourth-order valence-corrected chi connectivity index (χ4v) is 3.47. The number of aryl methyl sites for hydroxylation is 1. The van der Waals surface area contributed by atoms with Crippen molar-refractivity contribution in [2.24, 2.45) is 0 Å². The first-order chi connectivity index (χ1) is 14.5. The highest BCUT2D eigenvalue weighted by Gasteiger charge is 2.15. The lowest BCUT2D eigenvalue weighted by Gasteiger charge is -2.09. The maximum absolute atomic E-state index is 12.3. The van der Waals surface area contributed by atoms with Gasteiger partial charge >= 0.3 is 0 Å². The van der Waals surface area contributed by atoms with Crippen LogP contribution < -0.4 is 10.6 Å². The summed E-state index contributed by atoms with van der Waals surface area (Å²) in [5.74, 6) is 0.356. The van der Waals surface area contributed by atoms with E-state index in [2.05, 4.69) is 27.4 Å². The summed E-state index contributed by atoms with van der Waals surface area (Å²) >= 11 is 7.33. The van der Waals surface area contributed by atoms with Gasteiger partial charge in [0.05, 0.1) is 18.6 Å². The number of carbonyl (C=O) groups is 2. The van der Waals surface area contributed by atoms with Gasteiger partial charge in [-0.05, 0) is 36.8 Å². The van der Waals surface area contributed by atoms with E-state index in [-0.39, 0.29) is 29.9 Å². The van der Waals surface area contributed by atoms with Crippen LogP contribution in [0.25, 0.3) is 0 Å². The van der Waals surface area contributed by atoms with Crippen molar-refractivity contribution >= 4 is 40.9 Å². The van der Waals surface area contributed by atoms with Crippen molar-refractivity contribution < 1.29 is 14.0 Å². The van der Waals surface area contributed by atoms with Gasteiger partial charge in [0, 0.05) is 17.3 Å². The number of nitrogens with zero attached hydrogens (tertiary/aromatic N) is 3. The molecule has 3 aromatic rings. The Bertz CT molecular complexity index is 1050. The molecule has 0 radical (unpaired) electrons. The molecular formula is C20H20ClN5O3S. The molecule has 0 aliphatic rings. The lowest BCUT2D eigenvalue weighted by molar-refractivity contribution is -0.113. The first kappa shape index (κ1) is 21.7. The second-order valence-electron chi connectivity index (χ2n) is 6.26. The molecule has 0 bridgehead atoms. The number of carbonyl (C=O) groups excluding carboxylic acids is 2. The first-order valence-corrected chi connectivity index (χ1v) is 10.4. The van der Waals surface area contributed by atoms with Crippen molar-refractivity contribution in [1.29, 1.82) is 0 Å². The van der Waals surface area contributed by atoms with Gasteiger partial charge in [0.1, 0.15) is 0 Å². The molecule has 0 atom stereocenters. The number of halogens is 1. The Kier molecular flexibility index (Phi) is 7.31. The fourth-order valence-electron chi connectivity index (χ4n) is 2.52. The molecule has 0 spiro atoms. The van der Waals surface area contributed by atoms with Crippen LogP contribution in [0.15, 0.2) is 58.8 Å². The average Bonchev–Trinajstić information content (AvgIpc) is 3.38. The second-order valence-corrected chi connectivity index (χ2v) is 7.61. The molecule has 3 rings (SSSR count). The Morgan fingerprint density at radius 1 is 1.33 bits per heavy atom. The van der Waals surface area contributed by atoms with Crippen molar-refractivity contribution in [2.75, 3.05) is 11.1 Å². The maximum atomic E-state index is 12.3. The molecule has 1 aromatic carbocycles. The number of allylic oxidation sites excluding steroid dienone is 1. The Balaban J connectivity index is 1.59. The molecule has 0 unspecified atom stereocenters. The van der Waals surface area contributed by atoms with Crippen molar-refractivity contribution in [1.82, 2.24) is 20.1 Å². The predicted molar refractivity (Wildman–Crippen MR) is 116 cm³/mol. The third-order valence-corrected chi connectivity index (χ3v) is 5.42. The summed E-state index contributed by atoms with van der Waals surface area (Å²) in [7, 11) is 0. The monoisotopic (exact) mass is 445 g/mol. The smallest absolute Gasteiger partial charge is 0.287 e. The molecule has 2 heterocycles. The van der Waals surface area contributed by atoms with Gasteiger partial charge in [-0.25, -0.2) is 0 Å². The Labute approximate surface area is 182 Å². The Hall–Kier alpha value is -3.04. The van der Waals surface area contributed by atoms with Crippen molar-refractivity contribution in [3.8, 4) is 0 Å². The number of rotatable bonds is 9. The molecule has 0 saturated carbocycles. The summed E-state index contributed by atoms with van der Waals surface area (Å²) in [6, 6.07) is 8.56. The number of hydrogen-bond donors (Lipinski definition) is 2. The zero-order chi connectivity index (χ0) is 21.5. The maximum Gasteiger partial charge on any atom is 0.287 e. The van der Waals surface area contributed by atoms with Crippen molar-refractivity contribution in [3.05, 3.63) is 71.4 Å². The highest BCUT2D eigenvalue weighted by atomic mass is 35.5. The molecule has 0 fully saturated rings. The molecule has 2 N–H and O–H groups in total. The standard InChI is InChI=1S/C20H20ClN5O3S/c1-3-8-26-17(11-22-19(28)16-5-4-9-29-16)24-25-20(26)30-12-18(27)23-14-7-6-13(2)15(21)10-14/h3-7,9-10H,1,8,11-12H2,2H3,(H,22,28)(H,23,27). The third kappa shape index (κ3) is 5.52. The summed E-state index contributed by atoms with van der Waals surface area (Å²) in [5.41, 5.74) is 1.57. The van der Waals surface area contributed by atoms with E-state index >= 15 is 0 Å². The number of benzene rings is 1. The molecular weight excluding hydrogens is 426 g/mol. The van der Waals surface area contributed by atoms with Crippen molar-refractivity contribution in [2.45, 2.75) is 25.2 Å². The van der Waals surface area contributed by atoms with Gasteiger partial charge in [-0.15, -0.1) is 16.8 Å². The van der Waals surface area contributed by atoms with Crippen LogP contribution in [0.5, 0.6) is 0 Å².